The molecule has 0 aliphatic carbocycles. The topological polar surface area (TPSA) is 51.8 Å². The number of hydrogen-bond donors (Lipinski definition) is 0. The lowest BCUT2D eigenvalue weighted by molar-refractivity contribution is 0.669. The zero-order chi connectivity index (χ0) is 33.5. The van der Waals surface area contributed by atoms with Gasteiger partial charge in [0.05, 0.1) is 0 Å². The van der Waals surface area contributed by atoms with E-state index in [0.717, 1.165) is 38.6 Å². The molecule has 11 rings (SSSR count). The van der Waals surface area contributed by atoms with E-state index < -0.39 is 0 Å². The molecular formula is C45H25N3OS2. The van der Waals surface area contributed by atoms with Crippen molar-refractivity contribution < 1.29 is 4.42 Å². The van der Waals surface area contributed by atoms with Crippen LogP contribution >= 0.6 is 22.7 Å². The van der Waals surface area contributed by atoms with E-state index in [1.165, 1.54) is 51.5 Å². The summed E-state index contributed by atoms with van der Waals surface area (Å²) in [6.45, 7) is 0. The molecule has 0 aliphatic rings. The van der Waals surface area contributed by atoms with Gasteiger partial charge in [0.2, 0.25) is 0 Å². The van der Waals surface area contributed by atoms with Gasteiger partial charge in [-0.2, -0.15) is 0 Å². The Bertz CT molecular complexity index is 3160. The SMILES string of the molecule is c1ccc(-c2nc(-c3ccc4c(c3)oc3ccc(-c5ccc6c(c5)sc5ccccc56)cc34)nc(-c3ccc4sc5ccccc5c4c3)n2)cc1. The van der Waals surface area contributed by atoms with Crippen molar-refractivity contribution in [1.29, 1.82) is 0 Å². The highest BCUT2D eigenvalue weighted by atomic mass is 32.1. The van der Waals surface area contributed by atoms with E-state index in [9.17, 15) is 0 Å². The van der Waals surface area contributed by atoms with E-state index in [2.05, 4.69) is 121 Å². The third-order valence-corrected chi connectivity index (χ3v) is 12.0. The first-order valence-corrected chi connectivity index (χ1v) is 18.5. The fourth-order valence-electron chi connectivity index (χ4n) is 7.22. The highest BCUT2D eigenvalue weighted by molar-refractivity contribution is 7.26. The number of rotatable bonds is 4. The summed E-state index contributed by atoms with van der Waals surface area (Å²) >= 11 is 3.65. The second kappa shape index (κ2) is 11.2. The van der Waals surface area contributed by atoms with Crippen LogP contribution in [-0.2, 0) is 0 Å². The van der Waals surface area contributed by atoms with Gasteiger partial charge in [-0.1, -0.05) is 91.0 Å². The van der Waals surface area contributed by atoms with Crippen LogP contribution in [-0.4, -0.2) is 15.0 Å². The van der Waals surface area contributed by atoms with E-state index in [4.69, 9.17) is 19.4 Å². The van der Waals surface area contributed by atoms with Gasteiger partial charge in [-0.25, -0.2) is 15.0 Å². The Labute approximate surface area is 299 Å². The molecule has 4 nitrogen and oxygen atoms in total. The minimum Gasteiger partial charge on any atom is -0.456 e. The molecule has 0 unspecified atom stereocenters. The van der Waals surface area contributed by atoms with Gasteiger partial charge in [0.15, 0.2) is 17.5 Å². The Morgan fingerprint density at radius 2 is 0.843 bits per heavy atom. The molecule has 4 heterocycles. The molecule has 6 heteroatoms. The Balaban J connectivity index is 1.02. The van der Waals surface area contributed by atoms with Gasteiger partial charge in [-0.05, 0) is 71.8 Å². The first-order valence-electron chi connectivity index (χ1n) is 16.8. The molecule has 51 heavy (non-hydrogen) atoms. The van der Waals surface area contributed by atoms with E-state index >= 15 is 0 Å². The molecule has 7 aromatic carbocycles. The Morgan fingerprint density at radius 1 is 0.314 bits per heavy atom. The van der Waals surface area contributed by atoms with E-state index in [1.54, 1.807) is 11.3 Å². The van der Waals surface area contributed by atoms with Crippen molar-refractivity contribution in [2.24, 2.45) is 0 Å². The van der Waals surface area contributed by atoms with Crippen molar-refractivity contribution in [1.82, 2.24) is 15.0 Å². The highest BCUT2D eigenvalue weighted by Crippen LogP contribution is 2.40. The smallest absolute Gasteiger partial charge is 0.164 e. The fraction of sp³-hybridized carbons (Fsp3) is 0. The average molecular weight is 688 g/mol. The number of hydrogen-bond acceptors (Lipinski definition) is 6. The van der Waals surface area contributed by atoms with Crippen molar-refractivity contribution >= 4 is 85.0 Å². The normalized spacial score (nSPS) is 11.9. The average Bonchev–Trinajstić information content (AvgIpc) is 3.88. The van der Waals surface area contributed by atoms with Gasteiger partial charge < -0.3 is 4.42 Å². The molecular weight excluding hydrogens is 663 g/mol. The molecule has 0 radical (unpaired) electrons. The molecule has 0 atom stereocenters. The predicted molar refractivity (Wildman–Crippen MR) is 215 cm³/mol. The van der Waals surface area contributed by atoms with Crippen LogP contribution < -0.4 is 0 Å². The fourth-order valence-corrected chi connectivity index (χ4v) is 9.45. The van der Waals surface area contributed by atoms with Crippen LogP contribution in [0.2, 0.25) is 0 Å². The molecule has 0 saturated heterocycles. The Hall–Kier alpha value is -6.21. The third-order valence-electron chi connectivity index (χ3n) is 9.74. The number of furan rings is 1. The summed E-state index contributed by atoms with van der Waals surface area (Å²) in [7, 11) is 0. The number of fused-ring (bicyclic) bond motifs is 9. The molecule has 11 aromatic rings. The van der Waals surface area contributed by atoms with Crippen LogP contribution in [0.1, 0.15) is 0 Å². The second-order valence-electron chi connectivity index (χ2n) is 12.8. The molecule has 0 N–H and O–H groups in total. The van der Waals surface area contributed by atoms with Crippen molar-refractivity contribution in [3.05, 3.63) is 152 Å². The molecule has 0 amide bonds. The highest BCUT2D eigenvalue weighted by Gasteiger charge is 2.17. The number of nitrogens with zero attached hydrogens (tertiary/aromatic N) is 3. The first-order chi connectivity index (χ1) is 25.2. The van der Waals surface area contributed by atoms with Gasteiger partial charge in [0, 0.05) is 67.8 Å². The summed E-state index contributed by atoms with van der Waals surface area (Å²) in [6, 6.07) is 53.3. The van der Waals surface area contributed by atoms with Gasteiger partial charge in [-0.15, -0.1) is 22.7 Å². The maximum absolute atomic E-state index is 6.46. The quantitative estimate of drug-likeness (QED) is 0.185. The van der Waals surface area contributed by atoms with Crippen LogP contribution in [0.25, 0.3) is 108 Å². The third kappa shape index (κ3) is 4.68. The van der Waals surface area contributed by atoms with E-state index in [0.29, 0.717) is 17.5 Å². The van der Waals surface area contributed by atoms with Crippen molar-refractivity contribution in [2.75, 3.05) is 0 Å². The molecule has 238 valence electrons. The summed E-state index contributed by atoms with van der Waals surface area (Å²) in [6.07, 6.45) is 0. The number of benzene rings is 7. The van der Waals surface area contributed by atoms with Crippen LogP contribution in [0.5, 0.6) is 0 Å². The molecule has 0 fully saturated rings. The monoisotopic (exact) mass is 687 g/mol. The summed E-state index contributed by atoms with van der Waals surface area (Å²) in [5.41, 5.74) is 6.79. The van der Waals surface area contributed by atoms with Crippen LogP contribution in [0.15, 0.2) is 156 Å². The van der Waals surface area contributed by atoms with Crippen LogP contribution in [0, 0.1) is 0 Å². The van der Waals surface area contributed by atoms with E-state index in [-0.39, 0.29) is 0 Å². The molecule has 0 saturated carbocycles. The van der Waals surface area contributed by atoms with Gasteiger partial charge >= 0.3 is 0 Å². The lowest BCUT2D eigenvalue weighted by Crippen LogP contribution is -2.00. The van der Waals surface area contributed by atoms with Crippen LogP contribution in [0.4, 0.5) is 0 Å². The molecule has 4 aromatic heterocycles. The summed E-state index contributed by atoms with van der Waals surface area (Å²) in [4.78, 5) is 15.1. The van der Waals surface area contributed by atoms with Crippen molar-refractivity contribution in [3.8, 4) is 45.3 Å². The minimum absolute atomic E-state index is 0.605. The standard InChI is InChI=1S/C45H25N3OS2/c1-2-8-26(9-3-1)43-46-44(29-17-21-41-36(23-29)33-11-5-7-13-40(33)50-41)48-45(47-43)30-15-18-31-35-22-27(16-20-37(35)49-38(31)24-30)28-14-19-34-32-10-4-6-12-39(32)51-42(34)25-28/h1-25H. The maximum Gasteiger partial charge on any atom is 0.164 e. The van der Waals surface area contributed by atoms with Crippen LogP contribution in [0.3, 0.4) is 0 Å². The maximum atomic E-state index is 6.46. The predicted octanol–water partition coefficient (Wildman–Crippen LogP) is 13.2. The van der Waals surface area contributed by atoms with Crippen molar-refractivity contribution in [2.45, 2.75) is 0 Å². The summed E-state index contributed by atoms with van der Waals surface area (Å²) in [5.74, 6) is 1.88. The Kier molecular flexibility index (Phi) is 6.26. The minimum atomic E-state index is 0.605. The summed E-state index contributed by atoms with van der Waals surface area (Å²) < 4.78 is 11.6. The lowest BCUT2D eigenvalue weighted by atomic mass is 10.0. The molecule has 0 aliphatic heterocycles. The number of aromatic nitrogens is 3. The van der Waals surface area contributed by atoms with Gasteiger partial charge in [-0.3, -0.25) is 0 Å². The molecule has 0 spiro atoms. The first kappa shape index (κ1) is 28.6. The van der Waals surface area contributed by atoms with Gasteiger partial charge in [0.1, 0.15) is 11.2 Å². The molecule has 0 bridgehead atoms. The second-order valence-corrected chi connectivity index (χ2v) is 15.0. The lowest BCUT2D eigenvalue weighted by Gasteiger charge is -2.09. The zero-order valence-corrected chi connectivity index (χ0v) is 28.6. The van der Waals surface area contributed by atoms with Gasteiger partial charge in [0.25, 0.3) is 0 Å². The summed E-state index contributed by atoms with van der Waals surface area (Å²) in [5, 5.41) is 7.22. The zero-order valence-electron chi connectivity index (χ0n) is 27.0. The largest absolute Gasteiger partial charge is 0.456 e. The van der Waals surface area contributed by atoms with E-state index in [1.807, 2.05) is 41.7 Å². The Morgan fingerprint density at radius 3 is 1.65 bits per heavy atom. The number of thiophene rings is 2. The van der Waals surface area contributed by atoms with Crippen molar-refractivity contribution in [3.63, 3.8) is 0 Å².